The molecule has 3 amide bonds. The van der Waals surface area contributed by atoms with E-state index in [0.29, 0.717) is 58.4 Å². The number of nitrogens with one attached hydrogen (secondary N) is 2. The summed E-state index contributed by atoms with van der Waals surface area (Å²) in [5.74, 6) is 1.62. The SMILES string of the molecule is COc1cc2nc(C)nc(N[C@H](C)c3cc(N)cc(C(F)(F)F)c3)c2cc1OC1CCN(Cc2ccncc2N2CCC(=O)NC2=O)CC1. The number of anilines is 3. The highest BCUT2D eigenvalue weighted by Crippen LogP contribution is 2.38. The first kappa shape index (κ1) is 33.7. The van der Waals surface area contributed by atoms with E-state index in [1.165, 1.54) is 6.07 Å². The molecule has 1 atom stereocenters. The summed E-state index contributed by atoms with van der Waals surface area (Å²) < 4.78 is 52.6. The molecule has 0 radical (unpaired) electrons. The monoisotopic (exact) mass is 678 g/mol. The van der Waals surface area contributed by atoms with Crippen LogP contribution in [0.15, 0.2) is 48.8 Å². The van der Waals surface area contributed by atoms with Crippen molar-refractivity contribution < 1.29 is 32.2 Å². The maximum Gasteiger partial charge on any atom is 0.416 e. The van der Waals surface area contributed by atoms with E-state index in [4.69, 9.17) is 15.2 Å². The van der Waals surface area contributed by atoms with Crippen molar-refractivity contribution in [3.63, 3.8) is 0 Å². The summed E-state index contributed by atoms with van der Waals surface area (Å²) >= 11 is 0. The molecule has 2 aromatic heterocycles. The zero-order valence-electron chi connectivity index (χ0n) is 27.3. The van der Waals surface area contributed by atoms with Crippen LogP contribution in [0.2, 0.25) is 0 Å². The number of carbonyl (C=O) groups excluding carboxylic acids is 2. The number of halogens is 3. The lowest BCUT2D eigenvalue weighted by Crippen LogP contribution is -2.50. The minimum absolute atomic E-state index is 0.0157. The Labute approximate surface area is 280 Å². The Bertz CT molecular complexity index is 1880. The number of ether oxygens (including phenoxy) is 2. The molecule has 6 rings (SSSR count). The molecular weight excluding hydrogens is 641 g/mol. The second-order valence-electron chi connectivity index (χ2n) is 12.2. The van der Waals surface area contributed by atoms with Crippen molar-refractivity contribution in [1.82, 2.24) is 25.2 Å². The van der Waals surface area contributed by atoms with Gasteiger partial charge >= 0.3 is 12.2 Å². The van der Waals surface area contributed by atoms with Gasteiger partial charge in [-0.15, -0.1) is 0 Å². The van der Waals surface area contributed by atoms with Crippen molar-refractivity contribution in [3.05, 3.63) is 71.3 Å². The van der Waals surface area contributed by atoms with Crippen molar-refractivity contribution in [1.29, 1.82) is 0 Å². The quantitative estimate of drug-likeness (QED) is 0.191. The van der Waals surface area contributed by atoms with Gasteiger partial charge < -0.3 is 20.5 Å². The van der Waals surface area contributed by atoms with Crippen molar-refractivity contribution in [3.8, 4) is 11.5 Å². The number of urea groups is 1. The molecule has 0 saturated carbocycles. The number of hydrogen-bond donors (Lipinski definition) is 3. The molecule has 2 saturated heterocycles. The van der Waals surface area contributed by atoms with E-state index < -0.39 is 23.8 Å². The number of hydrogen-bond acceptors (Lipinski definition) is 10. The minimum Gasteiger partial charge on any atom is -0.493 e. The molecule has 15 heteroatoms. The number of fused-ring (bicyclic) bond motifs is 1. The summed E-state index contributed by atoms with van der Waals surface area (Å²) in [6, 6.07) is 7.94. The van der Waals surface area contributed by atoms with E-state index in [0.717, 1.165) is 43.6 Å². The minimum atomic E-state index is -4.53. The van der Waals surface area contributed by atoms with Crippen LogP contribution < -0.4 is 30.7 Å². The van der Waals surface area contributed by atoms with Crippen LogP contribution in [0.4, 0.5) is 35.2 Å². The molecule has 12 nitrogen and oxygen atoms in total. The molecule has 0 unspecified atom stereocenters. The Balaban J connectivity index is 1.17. The average molecular weight is 679 g/mol. The fourth-order valence-electron chi connectivity index (χ4n) is 6.18. The number of rotatable bonds is 9. The predicted octanol–water partition coefficient (Wildman–Crippen LogP) is 5.61. The van der Waals surface area contributed by atoms with Crippen LogP contribution in [0.25, 0.3) is 10.9 Å². The molecule has 2 fully saturated rings. The number of amides is 3. The van der Waals surface area contributed by atoms with Gasteiger partial charge in [0.2, 0.25) is 5.91 Å². The van der Waals surface area contributed by atoms with Crippen LogP contribution in [-0.2, 0) is 17.5 Å². The third-order valence-corrected chi connectivity index (χ3v) is 8.71. The Hall–Kier alpha value is -5.18. The third-order valence-electron chi connectivity index (χ3n) is 8.71. The lowest BCUT2D eigenvalue weighted by atomic mass is 10.0. The lowest BCUT2D eigenvalue weighted by Gasteiger charge is -2.34. The van der Waals surface area contributed by atoms with Crippen LogP contribution in [0.1, 0.15) is 54.7 Å². The Kier molecular flexibility index (Phi) is 9.45. The number of pyridine rings is 1. The Morgan fingerprint density at radius 1 is 1.08 bits per heavy atom. The molecule has 2 aromatic carbocycles. The summed E-state index contributed by atoms with van der Waals surface area (Å²) in [5.41, 5.74) is 7.58. The molecule has 0 aliphatic carbocycles. The van der Waals surface area contributed by atoms with Gasteiger partial charge in [-0.3, -0.25) is 24.9 Å². The fraction of sp³-hybridized carbons (Fsp3) is 0.382. The number of carbonyl (C=O) groups is 2. The largest absolute Gasteiger partial charge is 0.493 e. The van der Waals surface area contributed by atoms with E-state index in [2.05, 4.69) is 30.5 Å². The van der Waals surface area contributed by atoms with E-state index in [1.807, 2.05) is 6.07 Å². The number of piperidine rings is 1. The first-order chi connectivity index (χ1) is 23.4. The number of nitrogen functional groups attached to an aromatic ring is 1. The molecule has 2 aliphatic heterocycles. The maximum atomic E-state index is 13.5. The number of nitrogens with two attached hydrogens (primary N) is 1. The highest BCUT2D eigenvalue weighted by atomic mass is 19.4. The van der Waals surface area contributed by atoms with Crippen molar-refractivity contribution >= 4 is 40.0 Å². The van der Waals surface area contributed by atoms with Gasteiger partial charge in [-0.25, -0.2) is 14.8 Å². The van der Waals surface area contributed by atoms with E-state index in [9.17, 15) is 22.8 Å². The highest BCUT2D eigenvalue weighted by Gasteiger charge is 2.32. The summed E-state index contributed by atoms with van der Waals surface area (Å²) in [5, 5.41) is 6.24. The molecule has 2 aliphatic rings. The van der Waals surface area contributed by atoms with Crippen molar-refractivity contribution in [2.24, 2.45) is 0 Å². The number of alkyl halides is 3. The molecule has 0 bridgehead atoms. The Morgan fingerprint density at radius 2 is 1.86 bits per heavy atom. The van der Waals surface area contributed by atoms with Crippen molar-refractivity contribution in [2.75, 3.05) is 42.7 Å². The number of nitrogens with zero attached hydrogens (tertiary/aromatic N) is 5. The van der Waals surface area contributed by atoms with Gasteiger partial charge in [-0.05, 0) is 68.1 Å². The fourth-order valence-corrected chi connectivity index (χ4v) is 6.18. The first-order valence-electron chi connectivity index (χ1n) is 15.9. The predicted molar refractivity (Wildman–Crippen MR) is 177 cm³/mol. The molecule has 49 heavy (non-hydrogen) atoms. The van der Waals surface area contributed by atoms with Gasteiger partial charge in [0.25, 0.3) is 0 Å². The first-order valence-corrected chi connectivity index (χ1v) is 15.9. The van der Waals surface area contributed by atoms with Gasteiger partial charge in [-0.2, -0.15) is 13.2 Å². The van der Waals surface area contributed by atoms with Crippen LogP contribution in [-0.4, -0.2) is 64.6 Å². The number of aryl methyl sites for hydroxylation is 1. The lowest BCUT2D eigenvalue weighted by molar-refractivity contribution is -0.137. The second kappa shape index (κ2) is 13.7. The van der Waals surface area contributed by atoms with Crippen molar-refractivity contribution in [2.45, 2.75) is 58.0 Å². The molecule has 258 valence electrons. The highest BCUT2D eigenvalue weighted by molar-refractivity contribution is 6.05. The summed E-state index contributed by atoms with van der Waals surface area (Å²) in [6.07, 6.45) is 0.376. The molecule has 0 spiro atoms. The number of benzene rings is 2. The molecule has 4 aromatic rings. The number of methoxy groups -OCH3 is 1. The van der Waals surface area contributed by atoms with Gasteiger partial charge in [0.15, 0.2) is 11.5 Å². The number of imide groups is 1. The molecule has 4 heterocycles. The zero-order chi connectivity index (χ0) is 34.9. The van der Waals surface area contributed by atoms with E-state index in [1.54, 1.807) is 50.4 Å². The summed E-state index contributed by atoms with van der Waals surface area (Å²) in [7, 11) is 1.55. The molecule has 4 N–H and O–H groups in total. The van der Waals surface area contributed by atoms with Gasteiger partial charge in [0.05, 0.1) is 36.1 Å². The second-order valence-corrected chi connectivity index (χ2v) is 12.2. The smallest absolute Gasteiger partial charge is 0.416 e. The topological polar surface area (TPSA) is 148 Å². The Morgan fingerprint density at radius 3 is 2.57 bits per heavy atom. The standard InChI is InChI=1S/C34H37F3N8O4/c1-19(22-12-23(34(35,36)37)14-24(38)13-22)40-32-26-15-30(29(48-3)16-27(26)41-20(2)42-32)49-25-5-9-44(10-6-25)18-21-4-8-39-17-28(21)45-11-7-31(46)43-33(45)47/h4,8,12-17,19,25H,5-7,9-11,18,38H2,1-3H3,(H,40,41,42)(H,43,46,47)/t19-/m1/s1. The number of aromatic nitrogens is 3. The summed E-state index contributed by atoms with van der Waals surface area (Å²) in [4.78, 5) is 41.3. The van der Waals surface area contributed by atoms with Crippen LogP contribution in [0.5, 0.6) is 11.5 Å². The average Bonchev–Trinajstić information content (AvgIpc) is 3.05. The normalized spacial score (nSPS) is 16.8. The van der Waals surface area contributed by atoms with Gasteiger partial charge in [0, 0.05) is 55.9 Å². The van der Waals surface area contributed by atoms with E-state index in [-0.39, 0.29) is 24.1 Å². The maximum absolute atomic E-state index is 13.5. The van der Waals surface area contributed by atoms with Gasteiger partial charge in [-0.1, -0.05) is 0 Å². The van der Waals surface area contributed by atoms with Crippen LogP contribution in [0, 0.1) is 6.92 Å². The number of likely N-dealkylation sites (tertiary alicyclic amines) is 1. The zero-order valence-corrected chi connectivity index (χ0v) is 27.3. The van der Waals surface area contributed by atoms with Crippen LogP contribution in [0.3, 0.4) is 0 Å². The summed E-state index contributed by atoms with van der Waals surface area (Å²) in [6.45, 7) is 5.85. The van der Waals surface area contributed by atoms with Crippen LogP contribution >= 0.6 is 0 Å². The van der Waals surface area contributed by atoms with Gasteiger partial charge in [0.1, 0.15) is 17.7 Å². The van der Waals surface area contributed by atoms with E-state index >= 15 is 0 Å². The third kappa shape index (κ3) is 7.61. The molecular formula is C34H37F3N8O4.